The maximum atomic E-state index is 4.11. The Morgan fingerprint density at radius 3 is 2.87 bits per heavy atom. The minimum Gasteiger partial charge on any atom is -0.264 e. The third-order valence-corrected chi connectivity index (χ3v) is 2.46. The molecule has 0 spiro atoms. The highest BCUT2D eigenvalue weighted by Gasteiger charge is 1.92. The van der Waals surface area contributed by atoms with E-state index in [1.807, 2.05) is 18.5 Å². The molecule has 1 aromatic heterocycles. The Morgan fingerprint density at radius 2 is 2.13 bits per heavy atom. The number of hydrogen-bond donors (Lipinski definition) is 0. The zero-order chi connectivity index (χ0) is 10.8. The second kappa shape index (κ2) is 8.22. The molecule has 82 valence electrons. The lowest BCUT2D eigenvalue weighted by atomic mass is 10.1. The smallest absolute Gasteiger partial charge is 0.0299 e. The second-order valence-electron chi connectivity index (χ2n) is 3.84. The van der Waals surface area contributed by atoms with E-state index in [0.717, 1.165) is 6.42 Å². The van der Waals surface area contributed by atoms with Gasteiger partial charge in [0.1, 0.15) is 0 Å². The molecule has 0 aromatic carbocycles. The van der Waals surface area contributed by atoms with Crippen molar-refractivity contribution in [3.8, 4) is 0 Å². The molecule has 0 saturated carbocycles. The van der Waals surface area contributed by atoms with Gasteiger partial charge in [-0.25, -0.2) is 0 Å². The summed E-state index contributed by atoms with van der Waals surface area (Å²) in [5, 5.41) is 0. The number of allylic oxidation sites excluding steroid dienone is 2. The van der Waals surface area contributed by atoms with E-state index in [-0.39, 0.29) is 0 Å². The van der Waals surface area contributed by atoms with Gasteiger partial charge in [-0.2, -0.15) is 0 Å². The molecule has 0 saturated heterocycles. The highest BCUT2D eigenvalue weighted by atomic mass is 14.6. The first-order valence-electron chi connectivity index (χ1n) is 5.97. The highest BCUT2D eigenvalue weighted by molar-refractivity contribution is 5.08. The maximum Gasteiger partial charge on any atom is 0.0299 e. The van der Waals surface area contributed by atoms with Crippen molar-refractivity contribution in [2.24, 2.45) is 0 Å². The van der Waals surface area contributed by atoms with Crippen LogP contribution in [0.4, 0.5) is 0 Å². The summed E-state index contributed by atoms with van der Waals surface area (Å²) in [5.74, 6) is 0. The molecule has 15 heavy (non-hydrogen) atoms. The Hall–Kier alpha value is -1.11. The van der Waals surface area contributed by atoms with Crippen molar-refractivity contribution < 1.29 is 0 Å². The SMILES string of the molecule is CCC=CCCCCCc1cccnc1. The van der Waals surface area contributed by atoms with Crippen molar-refractivity contribution in [1.29, 1.82) is 0 Å². The van der Waals surface area contributed by atoms with E-state index in [1.54, 1.807) is 0 Å². The zero-order valence-corrected chi connectivity index (χ0v) is 9.65. The molecule has 0 amide bonds. The summed E-state index contributed by atoms with van der Waals surface area (Å²) in [7, 11) is 0. The Bertz CT molecular complexity index is 264. The van der Waals surface area contributed by atoms with Crippen molar-refractivity contribution in [3.63, 3.8) is 0 Å². The Labute approximate surface area is 93.2 Å². The van der Waals surface area contributed by atoms with Crippen molar-refractivity contribution in [3.05, 3.63) is 42.2 Å². The van der Waals surface area contributed by atoms with Gasteiger partial charge in [-0.3, -0.25) is 4.98 Å². The number of nitrogens with zero attached hydrogens (tertiary/aromatic N) is 1. The average molecular weight is 203 g/mol. The van der Waals surface area contributed by atoms with E-state index in [2.05, 4.69) is 30.1 Å². The molecular weight excluding hydrogens is 182 g/mol. The molecule has 0 N–H and O–H groups in total. The monoisotopic (exact) mass is 203 g/mol. The number of aromatic nitrogens is 1. The highest BCUT2D eigenvalue weighted by Crippen LogP contribution is 2.06. The third kappa shape index (κ3) is 6.05. The summed E-state index contributed by atoms with van der Waals surface area (Å²) >= 11 is 0. The van der Waals surface area contributed by atoms with Gasteiger partial charge in [0.15, 0.2) is 0 Å². The number of unbranched alkanes of at least 4 members (excludes halogenated alkanes) is 3. The molecule has 1 rings (SSSR count). The van der Waals surface area contributed by atoms with Crippen LogP contribution in [0.2, 0.25) is 0 Å². The minimum absolute atomic E-state index is 1.16. The number of rotatable bonds is 7. The van der Waals surface area contributed by atoms with E-state index < -0.39 is 0 Å². The molecule has 1 aromatic rings. The fourth-order valence-electron chi connectivity index (χ4n) is 1.60. The standard InChI is InChI=1S/C14H21N/c1-2-3-4-5-6-7-8-10-14-11-9-12-15-13-14/h3-4,9,11-13H,2,5-8,10H2,1H3. The largest absolute Gasteiger partial charge is 0.264 e. The van der Waals surface area contributed by atoms with E-state index in [9.17, 15) is 0 Å². The minimum atomic E-state index is 1.16. The van der Waals surface area contributed by atoms with Crippen LogP contribution >= 0.6 is 0 Å². The third-order valence-electron chi connectivity index (χ3n) is 2.46. The Balaban J connectivity index is 2.00. The van der Waals surface area contributed by atoms with Crippen LogP contribution in [0.3, 0.4) is 0 Å². The lowest BCUT2D eigenvalue weighted by Gasteiger charge is -1.99. The normalized spacial score (nSPS) is 11.0. The van der Waals surface area contributed by atoms with Crippen LogP contribution in [0.1, 0.15) is 44.6 Å². The average Bonchev–Trinajstić information content (AvgIpc) is 2.29. The molecule has 0 atom stereocenters. The topological polar surface area (TPSA) is 12.9 Å². The van der Waals surface area contributed by atoms with Crippen LogP contribution in [0.15, 0.2) is 36.7 Å². The van der Waals surface area contributed by atoms with Gasteiger partial charge >= 0.3 is 0 Å². The van der Waals surface area contributed by atoms with E-state index >= 15 is 0 Å². The molecular formula is C14H21N. The molecule has 0 fully saturated rings. The first kappa shape index (κ1) is 12.0. The summed E-state index contributed by atoms with van der Waals surface area (Å²) in [5.41, 5.74) is 1.36. The number of aryl methyl sites for hydroxylation is 1. The first-order valence-corrected chi connectivity index (χ1v) is 5.97. The second-order valence-corrected chi connectivity index (χ2v) is 3.84. The molecule has 1 heterocycles. The summed E-state index contributed by atoms with van der Waals surface area (Å²) in [6.45, 7) is 2.18. The molecule has 0 bridgehead atoms. The van der Waals surface area contributed by atoms with Crippen LogP contribution in [0, 0.1) is 0 Å². The van der Waals surface area contributed by atoms with Crippen molar-refractivity contribution in [2.75, 3.05) is 0 Å². The predicted molar refractivity (Wildman–Crippen MR) is 65.8 cm³/mol. The van der Waals surface area contributed by atoms with Gasteiger partial charge in [0.25, 0.3) is 0 Å². The Morgan fingerprint density at radius 1 is 1.20 bits per heavy atom. The molecule has 0 unspecified atom stereocenters. The molecule has 1 heteroatoms. The van der Waals surface area contributed by atoms with Crippen molar-refractivity contribution >= 4 is 0 Å². The van der Waals surface area contributed by atoms with Gasteiger partial charge in [-0.15, -0.1) is 0 Å². The summed E-state index contributed by atoms with van der Waals surface area (Å²) in [6.07, 6.45) is 15.8. The van der Waals surface area contributed by atoms with Crippen LogP contribution < -0.4 is 0 Å². The van der Waals surface area contributed by atoms with E-state index in [4.69, 9.17) is 0 Å². The van der Waals surface area contributed by atoms with Gasteiger partial charge < -0.3 is 0 Å². The number of pyridine rings is 1. The fourth-order valence-corrected chi connectivity index (χ4v) is 1.60. The summed E-state index contributed by atoms with van der Waals surface area (Å²) < 4.78 is 0. The van der Waals surface area contributed by atoms with Gasteiger partial charge in [0.2, 0.25) is 0 Å². The van der Waals surface area contributed by atoms with E-state index in [1.165, 1.54) is 37.7 Å². The summed E-state index contributed by atoms with van der Waals surface area (Å²) in [6, 6.07) is 4.17. The van der Waals surface area contributed by atoms with Crippen LogP contribution in [-0.2, 0) is 6.42 Å². The van der Waals surface area contributed by atoms with Gasteiger partial charge in [0.05, 0.1) is 0 Å². The predicted octanol–water partition coefficient (Wildman–Crippen LogP) is 4.15. The van der Waals surface area contributed by atoms with Gasteiger partial charge in [-0.1, -0.05) is 31.6 Å². The zero-order valence-electron chi connectivity index (χ0n) is 9.65. The molecule has 0 aliphatic heterocycles. The summed E-state index contributed by atoms with van der Waals surface area (Å²) in [4.78, 5) is 4.11. The molecule has 1 nitrogen and oxygen atoms in total. The lowest BCUT2D eigenvalue weighted by Crippen LogP contribution is -1.86. The van der Waals surface area contributed by atoms with Crippen molar-refractivity contribution in [1.82, 2.24) is 4.98 Å². The van der Waals surface area contributed by atoms with Gasteiger partial charge in [-0.05, 0) is 43.7 Å². The van der Waals surface area contributed by atoms with Crippen LogP contribution in [0.5, 0.6) is 0 Å². The Kier molecular flexibility index (Phi) is 6.55. The van der Waals surface area contributed by atoms with Crippen LogP contribution in [0.25, 0.3) is 0 Å². The van der Waals surface area contributed by atoms with Crippen LogP contribution in [-0.4, -0.2) is 4.98 Å². The quantitative estimate of drug-likeness (QED) is 0.479. The molecule has 0 aliphatic carbocycles. The van der Waals surface area contributed by atoms with E-state index in [0.29, 0.717) is 0 Å². The number of hydrogen-bond acceptors (Lipinski definition) is 1. The lowest BCUT2D eigenvalue weighted by molar-refractivity contribution is 0.685. The van der Waals surface area contributed by atoms with Gasteiger partial charge in [0, 0.05) is 12.4 Å². The van der Waals surface area contributed by atoms with Crippen molar-refractivity contribution in [2.45, 2.75) is 45.4 Å². The molecule has 0 aliphatic rings. The maximum absolute atomic E-state index is 4.11. The first-order chi connectivity index (χ1) is 7.43. The fraction of sp³-hybridized carbons (Fsp3) is 0.500. The molecule has 0 radical (unpaired) electrons.